The van der Waals surface area contributed by atoms with Crippen molar-refractivity contribution in [1.29, 1.82) is 0 Å². The molecule has 0 unspecified atom stereocenters. The van der Waals surface area contributed by atoms with Crippen LogP contribution in [0, 0.1) is 0 Å². The van der Waals surface area contributed by atoms with Gasteiger partial charge in [0.1, 0.15) is 0 Å². The van der Waals surface area contributed by atoms with E-state index in [0.717, 1.165) is 18.7 Å². The predicted octanol–water partition coefficient (Wildman–Crippen LogP) is 3.50. The Balaban J connectivity index is 2.38. The van der Waals surface area contributed by atoms with Crippen LogP contribution in [0.2, 0.25) is 0 Å². The van der Waals surface area contributed by atoms with Crippen LogP contribution in [0.15, 0.2) is 27.7 Å². The summed E-state index contributed by atoms with van der Waals surface area (Å²) in [6, 6.07) is 6.47. The first-order chi connectivity index (χ1) is 6.81. The van der Waals surface area contributed by atoms with E-state index >= 15 is 0 Å². The van der Waals surface area contributed by atoms with Crippen molar-refractivity contribution in [2.24, 2.45) is 4.99 Å². The molecule has 0 aromatic heterocycles. The molecule has 14 heavy (non-hydrogen) atoms. The average molecular weight is 270 g/mol. The molecule has 0 spiro atoms. The molecule has 0 fully saturated rings. The summed E-state index contributed by atoms with van der Waals surface area (Å²) in [5.74, 6) is 1.09. The highest BCUT2D eigenvalue weighted by molar-refractivity contribution is 9.10. The Hall–Kier alpha value is -0.280. The van der Waals surface area contributed by atoms with Gasteiger partial charge in [0.2, 0.25) is 0 Å². The Kier molecular flexibility index (Phi) is 3.29. The summed E-state index contributed by atoms with van der Waals surface area (Å²) >= 11 is 5.34. The highest BCUT2D eigenvalue weighted by atomic mass is 79.9. The molecule has 1 nitrogen and oxygen atoms in total. The third-order valence-electron chi connectivity index (χ3n) is 2.22. The van der Waals surface area contributed by atoms with Crippen LogP contribution >= 0.6 is 27.7 Å². The van der Waals surface area contributed by atoms with Crippen molar-refractivity contribution < 1.29 is 0 Å². The van der Waals surface area contributed by atoms with E-state index in [2.05, 4.69) is 46.0 Å². The van der Waals surface area contributed by atoms with E-state index in [-0.39, 0.29) is 0 Å². The quantitative estimate of drug-likeness (QED) is 0.760. The van der Waals surface area contributed by atoms with E-state index in [1.807, 2.05) is 11.8 Å². The smallest absolute Gasteiger partial charge is 0.0979 e. The summed E-state index contributed by atoms with van der Waals surface area (Å²) in [5, 5.41) is 1.21. The van der Waals surface area contributed by atoms with Crippen molar-refractivity contribution in [3.8, 4) is 0 Å². The normalized spacial score (nSPS) is 14.9. The molecule has 0 bridgehead atoms. The van der Waals surface area contributed by atoms with Gasteiger partial charge in [-0.1, -0.05) is 28.9 Å². The number of fused-ring (bicyclic) bond motifs is 1. The largest absolute Gasteiger partial charge is 0.277 e. The predicted molar refractivity (Wildman–Crippen MR) is 67.4 cm³/mol. The topological polar surface area (TPSA) is 12.4 Å². The number of halogens is 1. The molecule has 1 aromatic carbocycles. The lowest BCUT2D eigenvalue weighted by Crippen LogP contribution is -2.10. The van der Waals surface area contributed by atoms with E-state index in [9.17, 15) is 0 Å². The standard InChI is InChI=1S/C11H12BrNS/c1-2-14-11-10-4-3-9(12)7-8(10)5-6-13-11/h3-4,7H,2,5-6H2,1H3. The van der Waals surface area contributed by atoms with Gasteiger partial charge in [0, 0.05) is 16.6 Å². The van der Waals surface area contributed by atoms with Gasteiger partial charge in [0.15, 0.2) is 0 Å². The first-order valence-corrected chi connectivity index (χ1v) is 6.55. The number of benzene rings is 1. The fourth-order valence-electron chi connectivity index (χ4n) is 1.60. The van der Waals surface area contributed by atoms with E-state index in [1.54, 1.807) is 0 Å². The second kappa shape index (κ2) is 4.49. The van der Waals surface area contributed by atoms with Gasteiger partial charge in [-0.3, -0.25) is 4.99 Å². The minimum atomic E-state index is 0.936. The number of aliphatic imine (C=N–C) groups is 1. The second-order valence-electron chi connectivity index (χ2n) is 3.17. The van der Waals surface area contributed by atoms with E-state index in [4.69, 9.17) is 0 Å². The zero-order chi connectivity index (χ0) is 9.97. The lowest BCUT2D eigenvalue weighted by atomic mass is 10.0. The van der Waals surface area contributed by atoms with Crippen molar-refractivity contribution in [3.63, 3.8) is 0 Å². The van der Waals surface area contributed by atoms with Gasteiger partial charge < -0.3 is 0 Å². The van der Waals surface area contributed by atoms with Gasteiger partial charge in [-0.2, -0.15) is 0 Å². The van der Waals surface area contributed by atoms with E-state index in [1.165, 1.54) is 20.6 Å². The summed E-state index contributed by atoms with van der Waals surface area (Å²) in [4.78, 5) is 4.55. The molecule has 1 aromatic rings. The van der Waals surface area contributed by atoms with Gasteiger partial charge in [-0.25, -0.2) is 0 Å². The van der Waals surface area contributed by atoms with Crippen molar-refractivity contribution >= 4 is 32.7 Å². The second-order valence-corrected chi connectivity index (χ2v) is 5.34. The van der Waals surface area contributed by atoms with E-state index in [0.29, 0.717) is 0 Å². The van der Waals surface area contributed by atoms with Gasteiger partial charge >= 0.3 is 0 Å². The maximum absolute atomic E-state index is 4.55. The summed E-state index contributed by atoms with van der Waals surface area (Å²) in [5.41, 5.74) is 2.75. The van der Waals surface area contributed by atoms with Crippen molar-refractivity contribution in [1.82, 2.24) is 0 Å². The van der Waals surface area contributed by atoms with E-state index < -0.39 is 0 Å². The minimum absolute atomic E-state index is 0.936. The monoisotopic (exact) mass is 269 g/mol. The van der Waals surface area contributed by atoms with Crippen LogP contribution in [-0.2, 0) is 6.42 Å². The lowest BCUT2D eigenvalue weighted by molar-refractivity contribution is 0.949. The fraction of sp³-hybridized carbons (Fsp3) is 0.364. The first-order valence-electron chi connectivity index (χ1n) is 4.77. The third kappa shape index (κ3) is 2.04. The highest BCUT2D eigenvalue weighted by Crippen LogP contribution is 2.25. The zero-order valence-corrected chi connectivity index (χ0v) is 10.5. The van der Waals surface area contributed by atoms with Crippen LogP contribution in [0.25, 0.3) is 0 Å². The summed E-state index contributed by atoms with van der Waals surface area (Å²) < 4.78 is 1.17. The maximum Gasteiger partial charge on any atom is 0.0979 e. The number of rotatable bonds is 1. The SMILES string of the molecule is CCSC1=NCCc2cc(Br)ccc21. The van der Waals surface area contributed by atoms with Gasteiger partial charge in [0.25, 0.3) is 0 Å². The molecule has 0 N–H and O–H groups in total. The van der Waals surface area contributed by atoms with Crippen LogP contribution in [0.1, 0.15) is 18.1 Å². The Labute approximate surface area is 97.1 Å². The number of hydrogen-bond donors (Lipinski definition) is 0. The molecule has 0 amide bonds. The number of hydrogen-bond acceptors (Lipinski definition) is 2. The Bertz CT molecular complexity index is 374. The van der Waals surface area contributed by atoms with Crippen LogP contribution in [-0.4, -0.2) is 17.3 Å². The van der Waals surface area contributed by atoms with Gasteiger partial charge in [0.05, 0.1) is 5.04 Å². The molecule has 0 saturated heterocycles. The molecular formula is C11H12BrNS. The molecule has 0 radical (unpaired) electrons. The van der Waals surface area contributed by atoms with Gasteiger partial charge in [-0.05, 0) is 29.9 Å². The number of nitrogens with zero attached hydrogens (tertiary/aromatic N) is 1. The zero-order valence-electron chi connectivity index (χ0n) is 8.09. The molecule has 1 aliphatic heterocycles. The minimum Gasteiger partial charge on any atom is -0.277 e. The Morgan fingerprint density at radius 1 is 1.50 bits per heavy atom. The van der Waals surface area contributed by atoms with Crippen LogP contribution in [0.5, 0.6) is 0 Å². The molecule has 0 atom stereocenters. The molecular weight excluding hydrogens is 258 g/mol. The molecule has 3 heteroatoms. The molecule has 74 valence electrons. The molecule has 1 heterocycles. The Morgan fingerprint density at radius 3 is 3.14 bits per heavy atom. The fourth-order valence-corrected chi connectivity index (χ4v) is 2.82. The van der Waals surface area contributed by atoms with Crippen LogP contribution in [0.3, 0.4) is 0 Å². The van der Waals surface area contributed by atoms with Crippen LogP contribution in [0.4, 0.5) is 0 Å². The molecule has 0 saturated carbocycles. The van der Waals surface area contributed by atoms with Crippen molar-refractivity contribution in [2.75, 3.05) is 12.3 Å². The molecule has 2 rings (SSSR count). The summed E-state index contributed by atoms with van der Waals surface area (Å²) in [6.45, 7) is 3.10. The van der Waals surface area contributed by atoms with Crippen LogP contribution < -0.4 is 0 Å². The van der Waals surface area contributed by atoms with Gasteiger partial charge in [-0.15, -0.1) is 11.8 Å². The lowest BCUT2D eigenvalue weighted by Gasteiger charge is -2.16. The summed E-state index contributed by atoms with van der Waals surface area (Å²) in [6.07, 6.45) is 1.07. The average Bonchev–Trinajstić information content (AvgIpc) is 2.18. The molecule has 0 aliphatic carbocycles. The Morgan fingerprint density at radius 2 is 2.36 bits per heavy atom. The first kappa shape index (κ1) is 10.2. The van der Waals surface area contributed by atoms with Crippen molar-refractivity contribution in [3.05, 3.63) is 33.8 Å². The van der Waals surface area contributed by atoms with Crippen molar-refractivity contribution in [2.45, 2.75) is 13.3 Å². The number of thioether (sulfide) groups is 1. The third-order valence-corrected chi connectivity index (χ3v) is 3.62. The molecule has 1 aliphatic rings. The maximum atomic E-state index is 4.55. The highest BCUT2D eigenvalue weighted by Gasteiger charge is 2.13. The summed E-state index contributed by atoms with van der Waals surface area (Å²) in [7, 11) is 0.